The van der Waals surface area contributed by atoms with Gasteiger partial charge >= 0.3 is 0 Å². The maximum absolute atomic E-state index is 11.4. The molecule has 0 saturated carbocycles. The topological polar surface area (TPSA) is 67.5 Å². The zero-order valence-corrected chi connectivity index (χ0v) is 7.65. The highest BCUT2D eigenvalue weighted by atomic mass is 32.2. The molecule has 2 heterocycles. The molecular formula is C7H11N3OS. The normalized spacial score (nSPS) is 40.2. The average molecular weight is 185 g/mol. The number of hydrogen-bond donors (Lipinski definition) is 2. The summed E-state index contributed by atoms with van der Waals surface area (Å²) < 4.78 is 0. The quantitative estimate of drug-likeness (QED) is 0.544. The van der Waals surface area contributed by atoms with Gasteiger partial charge in [0.1, 0.15) is 0 Å². The molecule has 0 bridgehead atoms. The van der Waals surface area contributed by atoms with Crippen molar-refractivity contribution in [1.29, 1.82) is 0 Å². The first-order valence-electron chi connectivity index (χ1n) is 3.91. The largest absolute Gasteiger partial charge is 0.370 e. The predicted octanol–water partition coefficient (Wildman–Crippen LogP) is -0.305. The van der Waals surface area contributed by atoms with Crippen LogP contribution in [0.15, 0.2) is 4.99 Å². The van der Waals surface area contributed by atoms with Crippen LogP contribution in [0.25, 0.3) is 0 Å². The SMILES string of the molecule is CC1CC2(CS1)N=C(N)NC2=O. The Morgan fingerprint density at radius 2 is 2.58 bits per heavy atom. The molecule has 0 aromatic carbocycles. The molecule has 12 heavy (non-hydrogen) atoms. The van der Waals surface area contributed by atoms with Gasteiger partial charge in [0, 0.05) is 11.0 Å². The molecule has 2 aliphatic heterocycles. The predicted molar refractivity (Wildman–Crippen MR) is 49.0 cm³/mol. The van der Waals surface area contributed by atoms with E-state index in [0.29, 0.717) is 5.25 Å². The number of nitrogens with two attached hydrogens (primary N) is 1. The number of amides is 1. The number of rotatable bonds is 0. The average Bonchev–Trinajstić information content (AvgIpc) is 2.43. The molecule has 2 rings (SSSR count). The number of thioether (sulfide) groups is 1. The molecule has 1 fully saturated rings. The van der Waals surface area contributed by atoms with E-state index in [2.05, 4.69) is 17.2 Å². The van der Waals surface area contributed by atoms with Crippen LogP contribution in [0, 0.1) is 0 Å². The van der Waals surface area contributed by atoms with E-state index in [1.165, 1.54) is 0 Å². The van der Waals surface area contributed by atoms with E-state index in [1.54, 1.807) is 11.8 Å². The van der Waals surface area contributed by atoms with Gasteiger partial charge in [0.2, 0.25) is 0 Å². The molecule has 1 saturated heterocycles. The van der Waals surface area contributed by atoms with Gasteiger partial charge in [-0.25, -0.2) is 4.99 Å². The molecule has 5 heteroatoms. The number of guanidine groups is 1. The van der Waals surface area contributed by atoms with Gasteiger partial charge in [0.05, 0.1) is 0 Å². The van der Waals surface area contributed by atoms with E-state index in [1.807, 2.05) is 0 Å². The molecule has 0 aliphatic carbocycles. The number of hydrogen-bond acceptors (Lipinski definition) is 4. The van der Waals surface area contributed by atoms with Crippen molar-refractivity contribution in [2.45, 2.75) is 24.1 Å². The van der Waals surface area contributed by atoms with E-state index in [4.69, 9.17) is 5.73 Å². The van der Waals surface area contributed by atoms with Crippen molar-refractivity contribution in [1.82, 2.24) is 5.32 Å². The maximum atomic E-state index is 11.4. The molecule has 1 amide bonds. The summed E-state index contributed by atoms with van der Waals surface area (Å²) in [4.78, 5) is 15.6. The number of aliphatic imine (C=N–C) groups is 1. The van der Waals surface area contributed by atoms with Gasteiger partial charge < -0.3 is 5.73 Å². The Labute approximate surface area is 75.0 Å². The first kappa shape index (κ1) is 7.91. The summed E-state index contributed by atoms with van der Waals surface area (Å²) in [6, 6.07) is 0. The van der Waals surface area contributed by atoms with Gasteiger partial charge in [-0.3, -0.25) is 10.1 Å². The molecular weight excluding hydrogens is 174 g/mol. The van der Waals surface area contributed by atoms with E-state index in [-0.39, 0.29) is 11.9 Å². The number of carbonyl (C=O) groups is 1. The summed E-state index contributed by atoms with van der Waals surface area (Å²) in [5.41, 5.74) is 4.90. The van der Waals surface area contributed by atoms with Crippen molar-refractivity contribution in [3.05, 3.63) is 0 Å². The van der Waals surface area contributed by atoms with Crippen molar-refractivity contribution in [3.8, 4) is 0 Å². The van der Waals surface area contributed by atoms with Crippen molar-refractivity contribution >= 4 is 23.6 Å². The van der Waals surface area contributed by atoms with Crippen LogP contribution in [0.3, 0.4) is 0 Å². The summed E-state index contributed by atoms with van der Waals surface area (Å²) >= 11 is 1.78. The first-order valence-corrected chi connectivity index (χ1v) is 4.96. The van der Waals surface area contributed by atoms with Gasteiger partial charge in [-0.15, -0.1) is 0 Å². The molecule has 0 radical (unpaired) electrons. The Hall–Kier alpha value is -0.710. The summed E-state index contributed by atoms with van der Waals surface area (Å²) in [5.74, 6) is 1.01. The highest BCUT2D eigenvalue weighted by Crippen LogP contribution is 2.38. The van der Waals surface area contributed by atoms with Crippen molar-refractivity contribution in [3.63, 3.8) is 0 Å². The highest BCUT2D eigenvalue weighted by molar-refractivity contribution is 8.00. The molecule has 0 aromatic rings. The molecule has 2 unspecified atom stereocenters. The Morgan fingerprint density at radius 1 is 1.83 bits per heavy atom. The Balaban J connectivity index is 2.27. The number of nitrogens with one attached hydrogen (secondary N) is 1. The zero-order chi connectivity index (χ0) is 8.77. The third-order valence-electron chi connectivity index (χ3n) is 2.23. The van der Waals surface area contributed by atoms with E-state index < -0.39 is 5.54 Å². The van der Waals surface area contributed by atoms with Crippen LogP contribution >= 0.6 is 11.8 Å². The minimum atomic E-state index is -0.534. The Kier molecular flexibility index (Phi) is 1.57. The fourth-order valence-electron chi connectivity index (χ4n) is 1.65. The summed E-state index contributed by atoms with van der Waals surface area (Å²) in [6.45, 7) is 2.11. The lowest BCUT2D eigenvalue weighted by Gasteiger charge is -2.13. The van der Waals surface area contributed by atoms with Crippen molar-refractivity contribution in [2.75, 3.05) is 5.75 Å². The number of nitrogens with zero attached hydrogens (tertiary/aromatic N) is 1. The van der Waals surface area contributed by atoms with Gasteiger partial charge in [0.15, 0.2) is 11.5 Å². The maximum Gasteiger partial charge on any atom is 0.255 e. The second-order valence-electron chi connectivity index (χ2n) is 3.31. The molecule has 1 spiro atoms. The molecule has 66 valence electrons. The van der Waals surface area contributed by atoms with Gasteiger partial charge in [-0.1, -0.05) is 6.92 Å². The Bertz CT molecular complexity index is 265. The minimum Gasteiger partial charge on any atom is -0.370 e. The van der Waals surface area contributed by atoms with Crippen LogP contribution in [0.1, 0.15) is 13.3 Å². The van der Waals surface area contributed by atoms with Gasteiger partial charge in [-0.2, -0.15) is 11.8 Å². The van der Waals surface area contributed by atoms with Crippen LogP contribution in [0.4, 0.5) is 0 Å². The van der Waals surface area contributed by atoms with Crippen LogP contribution in [-0.4, -0.2) is 28.4 Å². The monoisotopic (exact) mass is 185 g/mol. The first-order chi connectivity index (χ1) is 5.62. The summed E-state index contributed by atoms with van der Waals surface area (Å²) in [5, 5.41) is 3.05. The smallest absolute Gasteiger partial charge is 0.255 e. The third kappa shape index (κ3) is 0.998. The summed E-state index contributed by atoms with van der Waals surface area (Å²) in [7, 11) is 0. The lowest BCUT2D eigenvalue weighted by molar-refractivity contribution is -0.123. The van der Waals surface area contributed by atoms with E-state index in [9.17, 15) is 4.79 Å². The van der Waals surface area contributed by atoms with E-state index >= 15 is 0 Å². The fourth-order valence-corrected chi connectivity index (χ4v) is 2.92. The molecule has 0 aromatic heterocycles. The van der Waals surface area contributed by atoms with Crippen molar-refractivity contribution in [2.24, 2.45) is 10.7 Å². The van der Waals surface area contributed by atoms with Crippen LogP contribution in [0.5, 0.6) is 0 Å². The highest BCUT2D eigenvalue weighted by Gasteiger charge is 2.48. The van der Waals surface area contributed by atoms with Crippen LogP contribution < -0.4 is 11.1 Å². The molecule has 2 atom stereocenters. The second-order valence-corrected chi connectivity index (χ2v) is 4.74. The van der Waals surface area contributed by atoms with Crippen molar-refractivity contribution < 1.29 is 4.79 Å². The fraction of sp³-hybridized carbons (Fsp3) is 0.714. The minimum absolute atomic E-state index is 0.0307. The molecule has 2 aliphatic rings. The van der Waals surface area contributed by atoms with Gasteiger partial charge in [0.25, 0.3) is 5.91 Å². The van der Waals surface area contributed by atoms with Gasteiger partial charge in [-0.05, 0) is 6.42 Å². The number of carbonyl (C=O) groups excluding carboxylic acids is 1. The Morgan fingerprint density at radius 3 is 3.00 bits per heavy atom. The third-order valence-corrected chi connectivity index (χ3v) is 3.61. The zero-order valence-electron chi connectivity index (χ0n) is 6.83. The molecule has 3 N–H and O–H groups in total. The van der Waals surface area contributed by atoms with E-state index in [0.717, 1.165) is 12.2 Å². The second kappa shape index (κ2) is 2.39. The summed E-state index contributed by atoms with van der Waals surface area (Å²) in [6.07, 6.45) is 0.810. The lowest BCUT2D eigenvalue weighted by Crippen LogP contribution is -2.41. The molecule has 4 nitrogen and oxygen atoms in total. The van der Waals surface area contributed by atoms with Crippen LogP contribution in [0.2, 0.25) is 0 Å². The van der Waals surface area contributed by atoms with Crippen LogP contribution in [-0.2, 0) is 4.79 Å². The lowest BCUT2D eigenvalue weighted by atomic mass is 9.97. The standard InChI is InChI=1S/C7H11N3OS/c1-4-2-7(3-12-4)5(11)9-6(8)10-7/h4H,2-3H2,1H3,(H3,8,9,10,11).